The summed E-state index contributed by atoms with van der Waals surface area (Å²) in [5, 5.41) is 3.33. The van der Waals surface area contributed by atoms with Gasteiger partial charge in [0, 0.05) is 29.0 Å². The van der Waals surface area contributed by atoms with Crippen LogP contribution < -0.4 is 11.1 Å². The molecule has 3 heteroatoms. The van der Waals surface area contributed by atoms with Crippen LogP contribution in [0.3, 0.4) is 0 Å². The fourth-order valence-electron chi connectivity index (χ4n) is 1.57. The van der Waals surface area contributed by atoms with Crippen LogP contribution in [0, 0.1) is 0 Å². The van der Waals surface area contributed by atoms with Gasteiger partial charge in [0.15, 0.2) is 0 Å². The van der Waals surface area contributed by atoms with Crippen molar-refractivity contribution in [1.29, 1.82) is 0 Å². The molecule has 17 heavy (non-hydrogen) atoms. The lowest BCUT2D eigenvalue weighted by Gasteiger charge is -2.09. The average molecular weight is 227 g/mol. The van der Waals surface area contributed by atoms with Crippen molar-refractivity contribution in [2.75, 3.05) is 11.1 Å². The Bertz CT molecular complexity index is 489. The molecule has 1 heterocycles. The lowest BCUT2D eigenvalue weighted by molar-refractivity contribution is 0.823. The molecule has 88 valence electrons. The van der Waals surface area contributed by atoms with Gasteiger partial charge in [-0.3, -0.25) is 4.98 Å². The number of nitrogens with two attached hydrogens (primary N) is 1. The van der Waals surface area contributed by atoms with E-state index in [1.54, 1.807) is 0 Å². The average Bonchev–Trinajstić information content (AvgIpc) is 2.32. The summed E-state index contributed by atoms with van der Waals surface area (Å²) in [6.07, 6.45) is 1.83. The van der Waals surface area contributed by atoms with E-state index in [-0.39, 0.29) is 0 Å². The van der Waals surface area contributed by atoms with Gasteiger partial charge in [0.05, 0.1) is 0 Å². The van der Waals surface area contributed by atoms with Crippen LogP contribution in [-0.4, -0.2) is 4.98 Å². The molecule has 1 aromatic heterocycles. The molecule has 1 aromatic carbocycles. The number of rotatable bonds is 3. The van der Waals surface area contributed by atoms with Crippen molar-refractivity contribution in [2.24, 2.45) is 0 Å². The van der Waals surface area contributed by atoms with Crippen molar-refractivity contribution in [2.45, 2.75) is 19.8 Å². The van der Waals surface area contributed by atoms with Crippen molar-refractivity contribution in [1.82, 2.24) is 4.98 Å². The number of anilines is 3. The fourth-order valence-corrected chi connectivity index (χ4v) is 1.57. The zero-order chi connectivity index (χ0) is 12.3. The van der Waals surface area contributed by atoms with Gasteiger partial charge in [0.1, 0.15) is 0 Å². The Labute approximate surface area is 102 Å². The first kappa shape index (κ1) is 11.5. The predicted molar refractivity (Wildman–Crippen MR) is 72.5 cm³/mol. The number of hydrogen-bond donors (Lipinski definition) is 2. The van der Waals surface area contributed by atoms with E-state index in [0.29, 0.717) is 5.92 Å². The lowest BCUT2D eigenvalue weighted by atomic mass is 10.1. The summed E-state index contributed by atoms with van der Waals surface area (Å²) in [7, 11) is 0. The van der Waals surface area contributed by atoms with Gasteiger partial charge in [-0.15, -0.1) is 0 Å². The highest BCUT2D eigenvalue weighted by molar-refractivity contribution is 5.61. The molecule has 0 amide bonds. The Kier molecular flexibility index (Phi) is 3.28. The highest BCUT2D eigenvalue weighted by Crippen LogP contribution is 2.20. The summed E-state index contributed by atoms with van der Waals surface area (Å²) >= 11 is 0. The molecular formula is C14H17N3. The SMILES string of the molecule is CC(C)c1cc(Nc2ccc(N)cc2)ccn1. The Balaban J connectivity index is 2.18. The molecular weight excluding hydrogens is 210 g/mol. The van der Waals surface area contributed by atoms with Crippen LogP contribution in [-0.2, 0) is 0 Å². The standard InChI is InChI=1S/C14H17N3/c1-10(2)14-9-13(7-8-16-14)17-12-5-3-11(15)4-6-12/h3-10H,15H2,1-2H3,(H,16,17). The molecule has 0 atom stereocenters. The summed E-state index contributed by atoms with van der Waals surface area (Å²) in [6, 6.07) is 11.7. The van der Waals surface area contributed by atoms with Gasteiger partial charge in [-0.2, -0.15) is 0 Å². The molecule has 0 fully saturated rings. The predicted octanol–water partition coefficient (Wildman–Crippen LogP) is 3.53. The van der Waals surface area contributed by atoms with Crippen LogP contribution in [0.15, 0.2) is 42.6 Å². The minimum Gasteiger partial charge on any atom is -0.399 e. The Morgan fingerprint density at radius 3 is 2.41 bits per heavy atom. The normalized spacial score (nSPS) is 10.5. The number of nitrogens with one attached hydrogen (secondary N) is 1. The second-order valence-electron chi connectivity index (χ2n) is 4.37. The summed E-state index contributed by atoms with van der Waals surface area (Å²) < 4.78 is 0. The first-order chi connectivity index (χ1) is 8.15. The molecule has 0 saturated heterocycles. The van der Waals surface area contributed by atoms with Gasteiger partial charge < -0.3 is 11.1 Å². The molecule has 3 N–H and O–H groups in total. The number of nitrogens with zero attached hydrogens (tertiary/aromatic N) is 1. The number of nitrogen functional groups attached to an aromatic ring is 1. The number of pyridine rings is 1. The largest absolute Gasteiger partial charge is 0.399 e. The van der Waals surface area contributed by atoms with E-state index in [1.165, 1.54) is 0 Å². The minimum absolute atomic E-state index is 0.433. The lowest BCUT2D eigenvalue weighted by Crippen LogP contribution is -1.96. The van der Waals surface area contributed by atoms with E-state index < -0.39 is 0 Å². The van der Waals surface area contributed by atoms with E-state index in [2.05, 4.69) is 30.2 Å². The Hall–Kier alpha value is -2.03. The van der Waals surface area contributed by atoms with Gasteiger partial charge in [0.25, 0.3) is 0 Å². The summed E-state index contributed by atoms with van der Waals surface area (Å²) in [5.74, 6) is 0.433. The minimum atomic E-state index is 0.433. The highest BCUT2D eigenvalue weighted by Gasteiger charge is 2.01. The molecule has 0 spiro atoms. The van der Waals surface area contributed by atoms with Crippen molar-refractivity contribution in [3.05, 3.63) is 48.3 Å². The number of benzene rings is 1. The molecule has 0 aliphatic heterocycles. The topological polar surface area (TPSA) is 50.9 Å². The second kappa shape index (κ2) is 4.87. The summed E-state index contributed by atoms with van der Waals surface area (Å²) in [5.41, 5.74) is 9.58. The van der Waals surface area contributed by atoms with Crippen molar-refractivity contribution in [3.63, 3.8) is 0 Å². The molecule has 0 bridgehead atoms. The highest BCUT2D eigenvalue weighted by atomic mass is 14.9. The molecule has 3 nitrogen and oxygen atoms in total. The van der Waals surface area contributed by atoms with E-state index in [1.807, 2.05) is 36.5 Å². The third-order valence-electron chi connectivity index (χ3n) is 2.57. The number of hydrogen-bond acceptors (Lipinski definition) is 3. The maximum absolute atomic E-state index is 5.65. The maximum Gasteiger partial charge on any atom is 0.0449 e. The van der Waals surface area contributed by atoms with Crippen molar-refractivity contribution >= 4 is 17.1 Å². The van der Waals surface area contributed by atoms with Crippen LogP contribution in [0.25, 0.3) is 0 Å². The molecule has 2 rings (SSSR count). The second-order valence-corrected chi connectivity index (χ2v) is 4.37. The fraction of sp³-hybridized carbons (Fsp3) is 0.214. The summed E-state index contributed by atoms with van der Waals surface area (Å²) in [4.78, 5) is 4.33. The monoisotopic (exact) mass is 227 g/mol. The molecule has 2 aromatic rings. The van der Waals surface area contributed by atoms with E-state index in [0.717, 1.165) is 22.8 Å². The Morgan fingerprint density at radius 2 is 1.76 bits per heavy atom. The van der Waals surface area contributed by atoms with Gasteiger partial charge in [-0.25, -0.2) is 0 Å². The van der Waals surface area contributed by atoms with Gasteiger partial charge in [-0.05, 0) is 42.3 Å². The quantitative estimate of drug-likeness (QED) is 0.789. The zero-order valence-corrected chi connectivity index (χ0v) is 10.1. The molecule has 0 saturated carbocycles. The van der Waals surface area contributed by atoms with Crippen molar-refractivity contribution in [3.8, 4) is 0 Å². The van der Waals surface area contributed by atoms with Crippen molar-refractivity contribution < 1.29 is 0 Å². The smallest absolute Gasteiger partial charge is 0.0449 e. The van der Waals surface area contributed by atoms with Gasteiger partial charge >= 0.3 is 0 Å². The third kappa shape index (κ3) is 2.97. The number of aromatic nitrogens is 1. The summed E-state index contributed by atoms with van der Waals surface area (Å²) in [6.45, 7) is 4.27. The Morgan fingerprint density at radius 1 is 1.06 bits per heavy atom. The van der Waals surface area contributed by atoms with Crippen LogP contribution >= 0.6 is 0 Å². The third-order valence-corrected chi connectivity index (χ3v) is 2.57. The van der Waals surface area contributed by atoms with E-state index >= 15 is 0 Å². The van der Waals surface area contributed by atoms with Crippen LogP contribution in [0.2, 0.25) is 0 Å². The van der Waals surface area contributed by atoms with E-state index in [4.69, 9.17) is 5.73 Å². The molecule has 0 aliphatic carbocycles. The first-order valence-corrected chi connectivity index (χ1v) is 5.73. The zero-order valence-electron chi connectivity index (χ0n) is 10.1. The van der Waals surface area contributed by atoms with Gasteiger partial charge in [-0.1, -0.05) is 13.8 Å². The molecule has 0 aliphatic rings. The maximum atomic E-state index is 5.65. The molecule has 0 radical (unpaired) electrons. The van der Waals surface area contributed by atoms with Crippen LogP contribution in [0.4, 0.5) is 17.1 Å². The first-order valence-electron chi connectivity index (χ1n) is 5.73. The van der Waals surface area contributed by atoms with Crippen LogP contribution in [0.5, 0.6) is 0 Å². The van der Waals surface area contributed by atoms with Crippen LogP contribution in [0.1, 0.15) is 25.5 Å². The molecule has 0 unspecified atom stereocenters. The van der Waals surface area contributed by atoms with E-state index in [9.17, 15) is 0 Å². The van der Waals surface area contributed by atoms with Gasteiger partial charge in [0.2, 0.25) is 0 Å².